The van der Waals surface area contributed by atoms with Crippen LogP contribution in [0.3, 0.4) is 0 Å². The number of carbonyl (C=O) groups is 1. The van der Waals surface area contributed by atoms with Gasteiger partial charge in [0.05, 0.1) is 13.2 Å². The molecule has 1 amide bonds. The van der Waals surface area contributed by atoms with E-state index in [1.807, 2.05) is 42.5 Å². The first-order chi connectivity index (χ1) is 13.2. The van der Waals surface area contributed by atoms with Crippen molar-refractivity contribution in [3.8, 4) is 11.5 Å². The molecular formula is C22H22ClNO3. The van der Waals surface area contributed by atoms with E-state index in [9.17, 15) is 4.79 Å². The molecule has 5 heteroatoms. The Labute approximate surface area is 164 Å². The number of hydrogen-bond donors (Lipinski definition) is 1. The number of rotatable bonds is 9. The van der Waals surface area contributed by atoms with Crippen LogP contribution in [0.15, 0.2) is 66.7 Å². The summed E-state index contributed by atoms with van der Waals surface area (Å²) in [5.41, 5.74) is 0. The molecule has 0 saturated carbocycles. The normalized spacial score (nSPS) is 10.6. The summed E-state index contributed by atoms with van der Waals surface area (Å²) in [5, 5.41) is 5.76. The molecule has 1 N–H and O–H groups in total. The minimum Gasteiger partial charge on any atom is -0.494 e. The average Bonchev–Trinajstić information content (AvgIpc) is 2.70. The van der Waals surface area contributed by atoms with E-state index < -0.39 is 0 Å². The molecule has 0 radical (unpaired) electrons. The lowest BCUT2D eigenvalue weighted by molar-refractivity contribution is -0.121. The van der Waals surface area contributed by atoms with Crippen LogP contribution >= 0.6 is 11.6 Å². The van der Waals surface area contributed by atoms with Gasteiger partial charge in [-0.2, -0.15) is 0 Å². The first-order valence-corrected chi connectivity index (χ1v) is 9.36. The highest BCUT2D eigenvalue weighted by molar-refractivity contribution is 6.30. The lowest BCUT2D eigenvalue weighted by atomic mass is 10.1. The fourth-order valence-corrected chi connectivity index (χ4v) is 2.84. The quantitative estimate of drug-likeness (QED) is 0.537. The average molecular weight is 384 g/mol. The molecule has 0 spiro atoms. The number of amides is 1. The van der Waals surface area contributed by atoms with E-state index in [2.05, 4.69) is 17.4 Å². The Morgan fingerprint density at radius 2 is 1.67 bits per heavy atom. The minimum absolute atomic E-state index is 0.00349. The Balaban J connectivity index is 1.32. The van der Waals surface area contributed by atoms with Gasteiger partial charge in [-0.15, -0.1) is 0 Å². The van der Waals surface area contributed by atoms with Crippen molar-refractivity contribution in [2.24, 2.45) is 0 Å². The molecule has 0 atom stereocenters. The third kappa shape index (κ3) is 5.90. The van der Waals surface area contributed by atoms with E-state index in [-0.39, 0.29) is 5.91 Å². The maximum Gasteiger partial charge on any atom is 0.220 e. The van der Waals surface area contributed by atoms with Crippen LogP contribution in [0.25, 0.3) is 10.8 Å². The van der Waals surface area contributed by atoms with Gasteiger partial charge in [0.1, 0.15) is 18.1 Å². The number of fused-ring (bicyclic) bond motifs is 1. The van der Waals surface area contributed by atoms with Gasteiger partial charge >= 0.3 is 0 Å². The largest absolute Gasteiger partial charge is 0.494 e. The maximum atomic E-state index is 11.9. The SMILES string of the molecule is O=C(CCCOc1ccc(Cl)cc1)NCCOc1cccc2ccccc12. The molecule has 0 bridgehead atoms. The van der Waals surface area contributed by atoms with Gasteiger partial charge in [-0.05, 0) is 42.1 Å². The molecule has 0 fully saturated rings. The summed E-state index contributed by atoms with van der Waals surface area (Å²) in [5.74, 6) is 1.58. The molecule has 0 aliphatic carbocycles. The molecule has 0 aliphatic rings. The van der Waals surface area contributed by atoms with E-state index in [1.54, 1.807) is 12.1 Å². The van der Waals surface area contributed by atoms with Gasteiger partial charge in [-0.1, -0.05) is 48.0 Å². The summed E-state index contributed by atoms with van der Waals surface area (Å²) in [6.45, 7) is 1.39. The standard InChI is InChI=1S/C22H22ClNO3/c23-18-10-12-19(13-11-18)26-15-4-9-22(25)24-14-16-27-21-8-3-6-17-5-1-2-7-20(17)21/h1-3,5-8,10-13H,4,9,14-16H2,(H,24,25). The summed E-state index contributed by atoms with van der Waals surface area (Å²) in [7, 11) is 0. The third-order valence-electron chi connectivity index (χ3n) is 4.06. The minimum atomic E-state index is -0.00349. The second kappa shape index (κ2) is 9.83. The molecule has 3 aromatic rings. The number of nitrogens with one attached hydrogen (secondary N) is 1. The molecular weight excluding hydrogens is 362 g/mol. The number of carbonyl (C=O) groups excluding carboxylic acids is 1. The van der Waals surface area contributed by atoms with Crippen molar-refractivity contribution in [3.05, 3.63) is 71.8 Å². The van der Waals surface area contributed by atoms with Gasteiger partial charge in [-0.3, -0.25) is 4.79 Å². The van der Waals surface area contributed by atoms with Crippen LogP contribution in [0.5, 0.6) is 11.5 Å². The molecule has 0 aliphatic heterocycles. The zero-order chi connectivity index (χ0) is 18.9. The summed E-state index contributed by atoms with van der Waals surface area (Å²) in [6, 6.07) is 21.2. The van der Waals surface area contributed by atoms with Crippen LogP contribution in [-0.4, -0.2) is 25.7 Å². The van der Waals surface area contributed by atoms with Crippen molar-refractivity contribution in [1.29, 1.82) is 0 Å². The molecule has 3 rings (SSSR count). The lowest BCUT2D eigenvalue weighted by Gasteiger charge is -2.10. The number of halogens is 1. The van der Waals surface area contributed by atoms with E-state index in [1.165, 1.54) is 0 Å². The maximum absolute atomic E-state index is 11.9. The topological polar surface area (TPSA) is 47.6 Å². The Morgan fingerprint density at radius 3 is 2.52 bits per heavy atom. The van der Waals surface area contributed by atoms with E-state index in [0.717, 1.165) is 22.3 Å². The van der Waals surface area contributed by atoms with Crippen molar-refractivity contribution in [2.75, 3.05) is 19.8 Å². The molecule has 0 aromatic heterocycles. The van der Waals surface area contributed by atoms with Crippen LogP contribution < -0.4 is 14.8 Å². The summed E-state index contributed by atoms with van der Waals surface area (Å²) in [6.07, 6.45) is 1.07. The number of hydrogen-bond acceptors (Lipinski definition) is 3. The summed E-state index contributed by atoms with van der Waals surface area (Å²) >= 11 is 5.82. The molecule has 0 heterocycles. The Morgan fingerprint density at radius 1 is 0.889 bits per heavy atom. The zero-order valence-corrected chi connectivity index (χ0v) is 15.7. The highest BCUT2D eigenvalue weighted by atomic mass is 35.5. The van der Waals surface area contributed by atoms with Crippen molar-refractivity contribution < 1.29 is 14.3 Å². The van der Waals surface area contributed by atoms with Gasteiger partial charge in [0.2, 0.25) is 5.91 Å². The van der Waals surface area contributed by atoms with Gasteiger partial charge in [0.25, 0.3) is 0 Å². The monoisotopic (exact) mass is 383 g/mol. The fourth-order valence-electron chi connectivity index (χ4n) is 2.71. The predicted molar refractivity (Wildman–Crippen MR) is 109 cm³/mol. The molecule has 27 heavy (non-hydrogen) atoms. The van der Waals surface area contributed by atoms with E-state index in [0.29, 0.717) is 37.6 Å². The first kappa shape index (κ1) is 19.1. The van der Waals surface area contributed by atoms with Crippen LogP contribution in [0.4, 0.5) is 0 Å². The first-order valence-electron chi connectivity index (χ1n) is 8.98. The fraction of sp³-hybridized carbons (Fsp3) is 0.227. The van der Waals surface area contributed by atoms with Crippen LogP contribution in [0.1, 0.15) is 12.8 Å². The second-order valence-electron chi connectivity index (χ2n) is 6.08. The number of ether oxygens (including phenoxy) is 2. The van der Waals surface area contributed by atoms with Gasteiger partial charge in [0.15, 0.2) is 0 Å². The highest BCUT2D eigenvalue weighted by Crippen LogP contribution is 2.24. The van der Waals surface area contributed by atoms with Crippen LogP contribution in [0.2, 0.25) is 5.02 Å². The van der Waals surface area contributed by atoms with Crippen molar-refractivity contribution >= 4 is 28.3 Å². The van der Waals surface area contributed by atoms with Crippen molar-refractivity contribution in [1.82, 2.24) is 5.32 Å². The zero-order valence-electron chi connectivity index (χ0n) is 15.0. The smallest absolute Gasteiger partial charge is 0.220 e. The lowest BCUT2D eigenvalue weighted by Crippen LogP contribution is -2.28. The molecule has 4 nitrogen and oxygen atoms in total. The molecule has 0 unspecified atom stereocenters. The van der Waals surface area contributed by atoms with Gasteiger partial charge < -0.3 is 14.8 Å². The number of benzene rings is 3. The summed E-state index contributed by atoms with van der Waals surface area (Å²) < 4.78 is 11.4. The van der Waals surface area contributed by atoms with Gasteiger partial charge in [0, 0.05) is 16.8 Å². The van der Waals surface area contributed by atoms with Crippen LogP contribution in [0, 0.1) is 0 Å². The molecule has 3 aromatic carbocycles. The van der Waals surface area contributed by atoms with Crippen LogP contribution in [-0.2, 0) is 4.79 Å². The highest BCUT2D eigenvalue weighted by Gasteiger charge is 2.03. The Bertz CT molecular complexity index is 875. The van der Waals surface area contributed by atoms with Crippen molar-refractivity contribution in [3.63, 3.8) is 0 Å². The second-order valence-corrected chi connectivity index (χ2v) is 6.52. The predicted octanol–water partition coefficient (Wildman–Crippen LogP) is 4.85. The van der Waals surface area contributed by atoms with E-state index in [4.69, 9.17) is 21.1 Å². The van der Waals surface area contributed by atoms with Gasteiger partial charge in [-0.25, -0.2) is 0 Å². The van der Waals surface area contributed by atoms with Crippen molar-refractivity contribution in [2.45, 2.75) is 12.8 Å². The molecule has 140 valence electrons. The van der Waals surface area contributed by atoms with E-state index >= 15 is 0 Å². The molecule has 0 saturated heterocycles. The Kier molecular flexibility index (Phi) is 6.94. The third-order valence-corrected chi connectivity index (χ3v) is 4.31. The summed E-state index contributed by atoms with van der Waals surface area (Å²) in [4.78, 5) is 11.9. The Hall–Kier alpha value is -2.72.